The normalized spacial score (nSPS) is 15.8. The highest BCUT2D eigenvalue weighted by atomic mass is 32.2. The molecule has 0 spiro atoms. The maximum absolute atomic E-state index is 11.9. The molecule has 1 rings (SSSR count). The lowest BCUT2D eigenvalue weighted by Gasteiger charge is -2.32. The van der Waals surface area contributed by atoms with Crippen LogP contribution in [0.4, 0.5) is 0 Å². The quantitative estimate of drug-likeness (QED) is 0.841. The lowest BCUT2D eigenvalue weighted by atomic mass is 9.84. The van der Waals surface area contributed by atoms with E-state index in [4.69, 9.17) is 5.14 Å². The molecular weight excluding hydrogens is 270 g/mol. The number of nitrogens with zero attached hydrogens (tertiary/aromatic N) is 2. The molecule has 1 aromatic heterocycles. The van der Waals surface area contributed by atoms with Gasteiger partial charge in [0.25, 0.3) is 0 Å². The van der Waals surface area contributed by atoms with Gasteiger partial charge in [-0.3, -0.25) is 5.14 Å². The van der Waals surface area contributed by atoms with Crippen molar-refractivity contribution < 1.29 is 4.21 Å². The van der Waals surface area contributed by atoms with Crippen molar-refractivity contribution in [2.45, 2.75) is 65.2 Å². The summed E-state index contributed by atoms with van der Waals surface area (Å²) in [6.07, 6.45) is 4.90. The molecule has 0 fully saturated rings. The van der Waals surface area contributed by atoms with Gasteiger partial charge in [-0.15, -0.1) is 0 Å². The fourth-order valence-corrected chi connectivity index (χ4v) is 2.95. The van der Waals surface area contributed by atoms with Crippen LogP contribution < -0.4 is 5.14 Å². The molecule has 0 saturated carbocycles. The summed E-state index contributed by atoms with van der Waals surface area (Å²) in [7, 11) is -1.37. The number of aromatic nitrogens is 2. The Balaban J connectivity index is 3.05. The van der Waals surface area contributed by atoms with E-state index in [9.17, 15) is 4.21 Å². The Hall–Kier alpha value is -0.680. The molecule has 0 aliphatic carbocycles. The summed E-state index contributed by atoms with van der Waals surface area (Å²) in [5.41, 5.74) is 1.00. The van der Waals surface area contributed by atoms with Crippen molar-refractivity contribution in [2.75, 3.05) is 0 Å². The molecule has 5 heteroatoms. The average Bonchev–Trinajstić information content (AvgIpc) is 2.72. The molecule has 20 heavy (non-hydrogen) atoms. The molecule has 2 atom stereocenters. The van der Waals surface area contributed by atoms with Crippen LogP contribution in [0.25, 0.3) is 0 Å². The van der Waals surface area contributed by atoms with Gasteiger partial charge in [0, 0.05) is 18.7 Å². The van der Waals surface area contributed by atoms with Crippen LogP contribution in [0, 0.1) is 11.8 Å². The lowest BCUT2D eigenvalue weighted by molar-refractivity contribution is 0.420. The highest BCUT2D eigenvalue weighted by Gasteiger charge is 2.37. The first-order valence-electron chi connectivity index (χ1n) is 7.32. The van der Waals surface area contributed by atoms with Gasteiger partial charge in [-0.2, -0.15) is 0 Å². The summed E-state index contributed by atoms with van der Waals surface area (Å²) in [5, 5.41) is 5.71. The van der Waals surface area contributed by atoms with E-state index in [2.05, 4.69) is 43.4 Å². The molecule has 0 amide bonds. The van der Waals surface area contributed by atoms with Crippen molar-refractivity contribution in [3.8, 4) is 0 Å². The van der Waals surface area contributed by atoms with E-state index < -0.39 is 15.7 Å². The number of nitrogens with two attached hydrogens (primary N) is 1. The highest BCUT2D eigenvalue weighted by Crippen LogP contribution is 2.36. The predicted octanol–water partition coefficient (Wildman–Crippen LogP) is 3.07. The van der Waals surface area contributed by atoms with E-state index in [1.807, 2.05) is 20.2 Å². The van der Waals surface area contributed by atoms with E-state index >= 15 is 0 Å². The summed E-state index contributed by atoms with van der Waals surface area (Å²) >= 11 is 0. The van der Waals surface area contributed by atoms with Crippen molar-refractivity contribution in [1.82, 2.24) is 9.55 Å². The van der Waals surface area contributed by atoms with E-state index in [0.29, 0.717) is 11.8 Å². The van der Waals surface area contributed by atoms with Crippen molar-refractivity contribution in [3.63, 3.8) is 0 Å². The second-order valence-corrected chi connectivity index (χ2v) is 8.62. The third-order valence-electron chi connectivity index (χ3n) is 3.65. The zero-order chi connectivity index (χ0) is 15.5. The maximum Gasteiger partial charge on any atom is 0.0952 e. The van der Waals surface area contributed by atoms with Gasteiger partial charge in [0.2, 0.25) is 0 Å². The average molecular weight is 299 g/mol. The van der Waals surface area contributed by atoms with Crippen molar-refractivity contribution in [2.24, 2.45) is 17.0 Å². The van der Waals surface area contributed by atoms with Gasteiger partial charge >= 0.3 is 0 Å². The Kier molecular flexibility index (Phi) is 5.95. The van der Waals surface area contributed by atoms with Crippen LogP contribution in [0.3, 0.4) is 0 Å². The summed E-state index contributed by atoms with van der Waals surface area (Å²) < 4.78 is 13.5. The van der Waals surface area contributed by atoms with Crippen molar-refractivity contribution in [1.29, 1.82) is 0 Å². The van der Waals surface area contributed by atoms with Gasteiger partial charge < -0.3 is 4.57 Å². The zero-order valence-electron chi connectivity index (χ0n) is 13.6. The van der Waals surface area contributed by atoms with Gasteiger partial charge in [0.15, 0.2) is 0 Å². The molecule has 0 bridgehead atoms. The molecule has 0 aliphatic rings. The van der Waals surface area contributed by atoms with Crippen LogP contribution in [0.1, 0.15) is 59.6 Å². The minimum atomic E-state index is -1.37. The minimum Gasteiger partial charge on any atom is -0.337 e. The molecule has 1 unspecified atom stereocenters. The highest BCUT2D eigenvalue weighted by molar-refractivity contribution is 7.84. The zero-order valence-corrected chi connectivity index (χ0v) is 14.4. The van der Waals surface area contributed by atoms with E-state index in [1.54, 1.807) is 0 Å². The molecule has 1 heterocycles. The van der Waals surface area contributed by atoms with Crippen molar-refractivity contribution >= 4 is 11.0 Å². The maximum atomic E-state index is 11.9. The van der Waals surface area contributed by atoms with Gasteiger partial charge in [-0.1, -0.05) is 27.7 Å². The number of hydrogen-bond donors (Lipinski definition) is 1. The Bertz CT molecular complexity index is 452. The van der Waals surface area contributed by atoms with E-state index in [1.165, 1.54) is 0 Å². The monoisotopic (exact) mass is 299 g/mol. The summed E-state index contributed by atoms with van der Waals surface area (Å²) in [6.45, 7) is 13.6. The summed E-state index contributed by atoms with van der Waals surface area (Å²) in [4.78, 5) is 4.54. The first-order chi connectivity index (χ1) is 9.14. The predicted molar refractivity (Wildman–Crippen MR) is 85.7 cm³/mol. The van der Waals surface area contributed by atoms with Gasteiger partial charge in [0.05, 0.1) is 27.8 Å². The number of imidazole rings is 1. The second-order valence-electron chi connectivity index (χ2n) is 6.97. The van der Waals surface area contributed by atoms with Crippen LogP contribution in [0.15, 0.2) is 12.5 Å². The van der Waals surface area contributed by atoms with Gasteiger partial charge in [-0.05, 0) is 32.1 Å². The molecule has 116 valence electrons. The molecule has 4 nitrogen and oxygen atoms in total. The Morgan fingerprint density at radius 2 is 1.90 bits per heavy atom. The molecule has 0 radical (unpaired) electrons. The standard InChI is InChI=1S/C15H29N3OS/c1-11(2)7-13(15(5,6)20(16)19)14-9-18(10-17-14)8-12(3)4/h9-13H,7-8,16H2,1-6H3/t13-,20?/m0/s1. The SMILES string of the molecule is CC(C)C[C@@H](c1cn(CC(C)C)cn1)C(C)(C)S(N)=O. The van der Waals surface area contributed by atoms with E-state index in [0.717, 1.165) is 18.7 Å². The van der Waals surface area contributed by atoms with Gasteiger partial charge in [-0.25, -0.2) is 9.19 Å². The smallest absolute Gasteiger partial charge is 0.0952 e. The van der Waals surface area contributed by atoms with Crippen LogP contribution in [0.2, 0.25) is 0 Å². The first-order valence-corrected chi connectivity index (χ1v) is 8.53. The lowest BCUT2D eigenvalue weighted by Crippen LogP contribution is -2.39. The first kappa shape index (κ1) is 17.4. The largest absolute Gasteiger partial charge is 0.337 e. The van der Waals surface area contributed by atoms with Crippen LogP contribution in [-0.4, -0.2) is 18.5 Å². The van der Waals surface area contributed by atoms with Crippen LogP contribution in [-0.2, 0) is 17.5 Å². The molecular formula is C15H29N3OS. The molecule has 0 aliphatic heterocycles. The topological polar surface area (TPSA) is 60.9 Å². The Morgan fingerprint density at radius 1 is 1.30 bits per heavy atom. The van der Waals surface area contributed by atoms with E-state index in [-0.39, 0.29) is 5.92 Å². The fraction of sp³-hybridized carbons (Fsp3) is 0.800. The van der Waals surface area contributed by atoms with Crippen molar-refractivity contribution in [3.05, 3.63) is 18.2 Å². The summed E-state index contributed by atoms with van der Waals surface area (Å²) in [6, 6.07) is 0. The van der Waals surface area contributed by atoms with Gasteiger partial charge in [0.1, 0.15) is 0 Å². The number of hydrogen-bond acceptors (Lipinski definition) is 2. The molecule has 0 saturated heterocycles. The van der Waals surface area contributed by atoms with Crippen LogP contribution >= 0.6 is 0 Å². The number of rotatable bonds is 7. The molecule has 0 aromatic carbocycles. The minimum absolute atomic E-state index is 0.113. The second kappa shape index (κ2) is 6.85. The third kappa shape index (κ3) is 4.42. The Labute approximate surface area is 125 Å². The molecule has 2 N–H and O–H groups in total. The van der Waals surface area contributed by atoms with Crippen LogP contribution in [0.5, 0.6) is 0 Å². The summed E-state index contributed by atoms with van der Waals surface area (Å²) in [5.74, 6) is 1.21. The fourth-order valence-electron chi connectivity index (χ4n) is 2.45. The third-order valence-corrected chi connectivity index (χ3v) is 4.97. The Morgan fingerprint density at radius 3 is 2.35 bits per heavy atom. The molecule has 1 aromatic rings.